The summed E-state index contributed by atoms with van der Waals surface area (Å²) >= 11 is 0. The Morgan fingerprint density at radius 2 is 2.21 bits per heavy atom. The lowest BCUT2D eigenvalue weighted by Gasteiger charge is -2.14. The number of hydrogen-bond donors (Lipinski definition) is 2. The Morgan fingerprint density at radius 3 is 2.89 bits per heavy atom. The maximum atomic E-state index is 13.0. The van der Waals surface area contributed by atoms with Crippen LogP contribution in [0.3, 0.4) is 0 Å². The lowest BCUT2D eigenvalue weighted by Crippen LogP contribution is -2.30. The van der Waals surface area contributed by atoms with Crippen molar-refractivity contribution < 1.29 is 13.9 Å². The fourth-order valence-corrected chi connectivity index (χ4v) is 1.68. The molecule has 0 heterocycles. The van der Waals surface area contributed by atoms with Crippen LogP contribution in [0.1, 0.15) is 24.9 Å². The smallest absolute Gasteiger partial charge is 0.221 e. The Hall–Kier alpha value is -1.46. The van der Waals surface area contributed by atoms with Crippen LogP contribution in [-0.4, -0.2) is 32.7 Å². The Labute approximate surface area is 113 Å². The fraction of sp³-hybridized carbons (Fsp3) is 0.500. The lowest BCUT2D eigenvalue weighted by atomic mass is 10.1. The summed E-state index contributed by atoms with van der Waals surface area (Å²) in [6.45, 7) is 3.53. The van der Waals surface area contributed by atoms with Gasteiger partial charge in [-0.25, -0.2) is 4.39 Å². The predicted octanol–water partition coefficient (Wildman–Crippen LogP) is 1.63. The quantitative estimate of drug-likeness (QED) is 0.705. The molecule has 0 saturated carbocycles. The van der Waals surface area contributed by atoms with Gasteiger partial charge in [-0.15, -0.1) is 0 Å². The van der Waals surface area contributed by atoms with E-state index in [1.54, 1.807) is 13.2 Å². The topological polar surface area (TPSA) is 50.4 Å². The molecule has 1 aromatic rings. The molecule has 0 saturated heterocycles. The van der Waals surface area contributed by atoms with Crippen LogP contribution < -0.4 is 10.6 Å². The molecule has 0 aliphatic rings. The monoisotopic (exact) mass is 268 g/mol. The summed E-state index contributed by atoms with van der Waals surface area (Å²) in [7, 11) is 1.59. The van der Waals surface area contributed by atoms with Crippen LogP contribution in [0.5, 0.6) is 0 Å². The molecule has 1 amide bonds. The van der Waals surface area contributed by atoms with Crippen LogP contribution >= 0.6 is 0 Å². The maximum Gasteiger partial charge on any atom is 0.221 e. The highest BCUT2D eigenvalue weighted by atomic mass is 19.1. The molecule has 0 aliphatic heterocycles. The molecular formula is C14H21FN2O2. The van der Waals surface area contributed by atoms with E-state index in [9.17, 15) is 9.18 Å². The summed E-state index contributed by atoms with van der Waals surface area (Å²) in [6.07, 6.45) is 0.392. The van der Waals surface area contributed by atoms with Gasteiger partial charge in [0.15, 0.2) is 0 Å². The number of hydrogen-bond acceptors (Lipinski definition) is 3. The number of methoxy groups -OCH3 is 1. The van der Waals surface area contributed by atoms with E-state index < -0.39 is 0 Å². The van der Waals surface area contributed by atoms with Gasteiger partial charge in [0.05, 0.1) is 6.61 Å². The number of carbonyl (C=O) groups excluding carboxylic acids is 1. The van der Waals surface area contributed by atoms with E-state index in [2.05, 4.69) is 10.6 Å². The summed E-state index contributed by atoms with van der Waals surface area (Å²) in [6, 6.07) is 6.47. The standard InChI is InChI=1S/C14H21FN2O2/c1-11(12-4-3-5-13(15)10-12)16-7-6-14(18)17-8-9-19-2/h3-5,10-11,16H,6-9H2,1-2H3,(H,17,18). The SMILES string of the molecule is COCCNC(=O)CCNC(C)c1cccc(F)c1. The van der Waals surface area contributed by atoms with Crippen molar-refractivity contribution in [3.63, 3.8) is 0 Å². The van der Waals surface area contributed by atoms with E-state index in [0.717, 1.165) is 5.56 Å². The number of rotatable bonds is 8. The van der Waals surface area contributed by atoms with Gasteiger partial charge in [0.2, 0.25) is 5.91 Å². The largest absolute Gasteiger partial charge is 0.383 e. The molecule has 0 spiro atoms. The third-order valence-electron chi connectivity index (χ3n) is 2.78. The second-order valence-corrected chi connectivity index (χ2v) is 4.32. The van der Waals surface area contributed by atoms with Crippen molar-refractivity contribution in [1.82, 2.24) is 10.6 Å². The van der Waals surface area contributed by atoms with Crippen LogP contribution in [0, 0.1) is 5.82 Å². The second kappa shape index (κ2) is 8.61. The molecule has 1 rings (SSSR count). The molecule has 2 N–H and O–H groups in total. The minimum atomic E-state index is -0.247. The molecule has 4 nitrogen and oxygen atoms in total. The molecule has 0 fully saturated rings. The predicted molar refractivity (Wildman–Crippen MR) is 72.3 cm³/mol. The van der Waals surface area contributed by atoms with Crippen LogP contribution in [-0.2, 0) is 9.53 Å². The summed E-state index contributed by atoms with van der Waals surface area (Å²) in [5, 5.41) is 5.93. The normalized spacial score (nSPS) is 12.2. The van der Waals surface area contributed by atoms with Crippen molar-refractivity contribution in [2.75, 3.05) is 26.8 Å². The number of nitrogens with one attached hydrogen (secondary N) is 2. The molecular weight excluding hydrogens is 247 g/mol. The van der Waals surface area contributed by atoms with E-state index in [1.807, 2.05) is 13.0 Å². The summed E-state index contributed by atoms with van der Waals surface area (Å²) in [5.74, 6) is -0.264. The van der Waals surface area contributed by atoms with Crippen LogP contribution in [0.4, 0.5) is 4.39 Å². The Kier molecular flexibility index (Phi) is 7.07. The first kappa shape index (κ1) is 15.6. The van der Waals surface area contributed by atoms with Crippen molar-refractivity contribution in [1.29, 1.82) is 0 Å². The van der Waals surface area contributed by atoms with Gasteiger partial charge in [-0.2, -0.15) is 0 Å². The molecule has 1 aromatic carbocycles. The van der Waals surface area contributed by atoms with Crippen LogP contribution in [0.25, 0.3) is 0 Å². The van der Waals surface area contributed by atoms with E-state index >= 15 is 0 Å². The number of halogens is 1. The van der Waals surface area contributed by atoms with Crippen molar-refractivity contribution in [2.24, 2.45) is 0 Å². The molecule has 0 radical (unpaired) electrons. The molecule has 0 aliphatic carbocycles. The summed E-state index contributed by atoms with van der Waals surface area (Å²) in [5.41, 5.74) is 0.875. The zero-order valence-corrected chi connectivity index (χ0v) is 11.4. The van der Waals surface area contributed by atoms with E-state index in [4.69, 9.17) is 4.74 Å². The first-order chi connectivity index (χ1) is 9.13. The van der Waals surface area contributed by atoms with Crippen molar-refractivity contribution in [2.45, 2.75) is 19.4 Å². The highest BCUT2D eigenvalue weighted by molar-refractivity contribution is 5.76. The van der Waals surface area contributed by atoms with Gasteiger partial charge < -0.3 is 15.4 Å². The molecule has 1 atom stereocenters. The first-order valence-corrected chi connectivity index (χ1v) is 6.38. The average Bonchev–Trinajstić information content (AvgIpc) is 2.39. The van der Waals surface area contributed by atoms with Crippen LogP contribution in [0.15, 0.2) is 24.3 Å². The van der Waals surface area contributed by atoms with Gasteiger partial charge in [-0.05, 0) is 24.6 Å². The molecule has 5 heteroatoms. The number of amides is 1. The fourth-order valence-electron chi connectivity index (χ4n) is 1.68. The minimum Gasteiger partial charge on any atom is -0.383 e. The highest BCUT2D eigenvalue weighted by Gasteiger charge is 2.06. The Balaban J connectivity index is 2.23. The molecule has 0 bridgehead atoms. The second-order valence-electron chi connectivity index (χ2n) is 4.32. The highest BCUT2D eigenvalue weighted by Crippen LogP contribution is 2.12. The summed E-state index contributed by atoms with van der Waals surface area (Å²) < 4.78 is 17.9. The average molecular weight is 268 g/mol. The third kappa shape index (κ3) is 6.31. The van der Waals surface area contributed by atoms with Crippen LogP contribution in [0.2, 0.25) is 0 Å². The number of carbonyl (C=O) groups is 1. The van der Waals surface area contributed by atoms with Gasteiger partial charge >= 0.3 is 0 Å². The van der Waals surface area contributed by atoms with E-state index in [1.165, 1.54) is 12.1 Å². The molecule has 1 unspecified atom stereocenters. The first-order valence-electron chi connectivity index (χ1n) is 6.38. The van der Waals surface area contributed by atoms with Gasteiger partial charge in [0, 0.05) is 32.7 Å². The van der Waals surface area contributed by atoms with Gasteiger partial charge in [0.1, 0.15) is 5.82 Å². The third-order valence-corrected chi connectivity index (χ3v) is 2.78. The van der Waals surface area contributed by atoms with Gasteiger partial charge in [-0.3, -0.25) is 4.79 Å². The van der Waals surface area contributed by atoms with Crippen molar-refractivity contribution in [3.05, 3.63) is 35.6 Å². The summed E-state index contributed by atoms with van der Waals surface area (Å²) in [4.78, 5) is 11.4. The van der Waals surface area contributed by atoms with Crippen molar-refractivity contribution >= 4 is 5.91 Å². The molecule has 19 heavy (non-hydrogen) atoms. The number of ether oxygens (including phenoxy) is 1. The Bertz CT molecular complexity index is 399. The number of benzene rings is 1. The van der Waals surface area contributed by atoms with Crippen molar-refractivity contribution in [3.8, 4) is 0 Å². The van der Waals surface area contributed by atoms with E-state index in [-0.39, 0.29) is 17.8 Å². The maximum absolute atomic E-state index is 13.0. The molecule has 106 valence electrons. The molecule has 0 aromatic heterocycles. The minimum absolute atomic E-state index is 0.0162. The van der Waals surface area contributed by atoms with E-state index in [0.29, 0.717) is 26.1 Å². The van der Waals surface area contributed by atoms with Gasteiger partial charge in [0.25, 0.3) is 0 Å². The zero-order valence-electron chi connectivity index (χ0n) is 11.4. The lowest BCUT2D eigenvalue weighted by molar-refractivity contribution is -0.121. The van der Waals surface area contributed by atoms with Gasteiger partial charge in [-0.1, -0.05) is 12.1 Å². The zero-order chi connectivity index (χ0) is 14.1. The Morgan fingerprint density at radius 1 is 1.42 bits per heavy atom.